The average Bonchev–Trinajstić information content (AvgIpc) is 3.12. The van der Waals surface area contributed by atoms with Gasteiger partial charge in [0.05, 0.1) is 12.6 Å². The van der Waals surface area contributed by atoms with Gasteiger partial charge >= 0.3 is 6.03 Å². The lowest BCUT2D eigenvalue weighted by molar-refractivity contribution is -0.117. The number of ether oxygens (including phenoxy) is 1. The number of hydrogen-bond acceptors (Lipinski definition) is 3. The molecule has 2 aromatic rings. The number of carbonyl (C=O) groups excluding carboxylic acids is 2. The number of hydrogen-bond donors (Lipinski definition) is 1. The van der Waals surface area contributed by atoms with Crippen LogP contribution in [0.25, 0.3) is 0 Å². The predicted molar refractivity (Wildman–Crippen MR) is 119 cm³/mol. The number of rotatable bonds is 9. The maximum atomic E-state index is 12.9. The Morgan fingerprint density at radius 3 is 2.53 bits per heavy atom. The Balaban J connectivity index is 1.61. The van der Waals surface area contributed by atoms with Gasteiger partial charge < -0.3 is 19.9 Å². The summed E-state index contributed by atoms with van der Waals surface area (Å²) >= 11 is 0. The van der Waals surface area contributed by atoms with Crippen molar-refractivity contribution in [3.05, 3.63) is 60.2 Å². The summed E-state index contributed by atoms with van der Waals surface area (Å²) < 4.78 is 5.47. The third-order valence-electron chi connectivity index (χ3n) is 5.20. The van der Waals surface area contributed by atoms with Crippen LogP contribution in [0.3, 0.4) is 0 Å². The smallest absolute Gasteiger partial charge is 0.317 e. The highest BCUT2D eigenvalue weighted by Crippen LogP contribution is 2.24. The number of amides is 3. The molecule has 160 valence electrons. The fourth-order valence-electron chi connectivity index (χ4n) is 3.61. The molecule has 0 saturated carbocycles. The Morgan fingerprint density at radius 2 is 1.87 bits per heavy atom. The molecule has 0 aromatic heterocycles. The van der Waals surface area contributed by atoms with Crippen LogP contribution in [0.1, 0.15) is 38.7 Å². The lowest BCUT2D eigenvalue weighted by Gasteiger charge is -2.25. The first-order valence-electron chi connectivity index (χ1n) is 10.7. The minimum atomic E-state index is -0.198. The standard InChI is InChI=1S/C24H31N3O3/c1-3-5-15-26(17-19-9-7-6-8-10-19)24(29)25-20-16-23(28)27(18-20)21-11-13-22(14-12-21)30-4-2/h6-14,20H,3-5,15-18H2,1-2H3,(H,25,29). The van der Waals surface area contributed by atoms with E-state index in [2.05, 4.69) is 12.2 Å². The molecule has 2 aromatic carbocycles. The first-order chi connectivity index (χ1) is 14.6. The lowest BCUT2D eigenvalue weighted by atomic mass is 10.2. The molecule has 1 atom stereocenters. The molecule has 3 amide bonds. The molecule has 30 heavy (non-hydrogen) atoms. The number of anilines is 1. The van der Waals surface area contributed by atoms with E-state index in [4.69, 9.17) is 4.74 Å². The summed E-state index contributed by atoms with van der Waals surface area (Å²) in [6, 6.07) is 17.2. The SMILES string of the molecule is CCCCN(Cc1ccccc1)C(=O)NC1CC(=O)N(c2ccc(OCC)cc2)C1. The number of urea groups is 1. The summed E-state index contributed by atoms with van der Waals surface area (Å²) in [5.74, 6) is 0.804. The normalized spacial score (nSPS) is 15.9. The van der Waals surface area contributed by atoms with E-state index in [1.807, 2.05) is 66.4 Å². The van der Waals surface area contributed by atoms with E-state index in [-0.39, 0.29) is 18.0 Å². The van der Waals surface area contributed by atoms with E-state index < -0.39 is 0 Å². The maximum absolute atomic E-state index is 12.9. The van der Waals surface area contributed by atoms with Crippen LogP contribution in [-0.4, -0.2) is 42.6 Å². The second-order valence-corrected chi connectivity index (χ2v) is 7.54. The second-order valence-electron chi connectivity index (χ2n) is 7.54. The summed E-state index contributed by atoms with van der Waals surface area (Å²) in [5.41, 5.74) is 1.93. The quantitative estimate of drug-likeness (QED) is 0.675. The van der Waals surface area contributed by atoms with E-state index in [1.165, 1.54) is 0 Å². The van der Waals surface area contributed by atoms with Crippen molar-refractivity contribution < 1.29 is 14.3 Å². The van der Waals surface area contributed by atoms with E-state index in [9.17, 15) is 9.59 Å². The van der Waals surface area contributed by atoms with Crippen molar-refractivity contribution in [1.29, 1.82) is 0 Å². The summed E-state index contributed by atoms with van der Waals surface area (Å²) in [7, 11) is 0. The monoisotopic (exact) mass is 409 g/mol. The van der Waals surface area contributed by atoms with Crippen molar-refractivity contribution in [2.75, 3.05) is 24.6 Å². The van der Waals surface area contributed by atoms with Gasteiger partial charge in [0.15, 0.2) is 0 Å². The largest absolute Gasteiger partial charge is 0.494 e. The molecule has 1 heterocycles. The van der Waals surface area contributed by atoms with Crippen LogP contribution in [0, 0.1) is 0 Å². The Hall–Kier alpha value is -3.02. The molecule has 1 aliphatic rings. The van der Waals surface area contributed by atoms with Crippen molar-refractivity contribution in [3.8, 4) is 5.75 Å². The van der Waals surface area contributed by atoms with Gasteiger partial charge in [0, 0.05) is 31.7 Å². The van der Waals surface area contributed by atoms with E-state index in [1.54, 1.807) is 4.90 Å². The molecule has 1 fully saturated rings. The minimum absolute atomic E-state index is 0.0210. The van der Waals surface area contributed by atoms with Gasteiger partial charge in [-0.2, -0.15) is 0 Å². The van der Waals surface area contributed by atoms with Crippen LogP contribution in [0.15, 0.2) is 54.6 Å². The zero-order valence-electron chi connectivity index (χ0n) is 17.8. The zero-order valence-corrected chi connectivity index (χ0v) is 17.8. The molecule has 1 aliphatic heterocycles. The molecule has 0 aliphatic carbocycles. The Labute approximate surface area is 178 Å². The van der Waals surface area contributed by atoms with E-state index >= 15 is 0 Å². The Kier molecular flexibility index (Phi) is 7.71. The summed E-state index contributed by atoms with van der Waals surface area (Å²) in [6.45, 7) is 6.39. The summed E-state index contributed by atoms with van der Waals surface area (Å²) in [6.07, 6.45) is 2.28. The first-order valence-corrected chi connectivity index (χ1v) is 10.7. The van der Waals surface area contributed by atoms with Gasteiger partial charge in [-0.05, 0) is 43.2 Å². The van der Waals surface area contributed by atoms with Gasteiger partial charge in [-0.15, -0.1) is 0 Å². The fourth-order valence-corrected chi connectivity index (χ4v) is 3.61. The summed E-state index contributed by atoms with van der Waals surface area (Å²) in [5, 5.41) is 3.07. The number of unbranched alkanes of at least 4 members (excludes halogenated alkanes) is 1. The van der Waals surface area contributed by atoms with Crippen molar-refractivity contribution in [3.63, 3.8) is 0 Å². The summed E-state index contributed by atoms with van der Waals surface area (Å²) in [4.78, 5) is 29.1. The molecule has 1 N–H and O–H groups in total. The molecule has 1 saturated heterocycles. The van der Waals surface area contributed by atoms with Crippen LogP contribution in [-0.2, 0) is 11.3 Å². The van der Waals surface area contributed by atoms with Crippen LogP contribution < -0.4 is 15.0 Å². The first kappa shape index (κ1) is 21.7. The molecular formula is C24H31N3O3. The second kappa shape index (κ2) is 10.7. The average molecular weight is 410 g/mol. The topological polar surface area (TPSA) is 61.9 Å². The van der Waals surface area contributed by atoms with Crippen LogP contribution in [0.2, 0.25) is 0 Å². The third-order valence-corrected chi connectivity index (χ3v) is 5.20. The maximum Gasteiger partial charge on any atom is 0.317 e. The van der Waals surface area contributed by atoms with Gasteiger partial charge in [0.2, 0.25) is 5.91 Å². The number of nitrogens with one attached hydrogen (secondary N) is 1. The highest BCUT2D eigenvalue weighted by atomic mass is 16.5. The van der Waals surface area contributed by atoms with Gasteiger partial charge in [-0.25, -0.2) is 4.79 Å². The molecule has 1 unspecified atom stereocenters. The zero-order chi connectivity index (χ0) is 21.3. The molecule has 0 radical (unpaired) electrons. The molecule has 0 bridgehead atoms. The van der Waals surface area contributed by atoms with Crippen molar-refractivity contribution in [2.45, 2.75) is 45.7 Å². The van der Waals surface area contributed by atoms with Crippen molar-refractivity contribution >= 4 is 17.6 Å². The Morgan fingerprint density at radius 1 is 1.13 bits per heavy atom. The Bertz CT molecular complexity index is 823. The van der Waals surface area contributed by atoms with Crippen LogP contribution >= 0.6 is 0 Å². The highest BCUT2D eigenvalue weighted by molar-refractivity contribution is 5.96. The van der Waals surface area contributed by atoms with E-state index in [0.717, 1.165) is 29.8 Å². The number of carbonyl (C=O) groups is 2. The van der Waals surface area contributed by atoms with Gasteiger partial charge in [-0.1, -0.05) is 43.7 Å². The van der Waals surface area contributed by atoms with Crippen LogP contribution in [0.4, 0.5) is 10.5 Å². The molecular weight excluding hydrogens is 378 g/mol. The van der Waals surface area contributed by atoms with E-state index in [0.29, 0.717) is 32.7 Å². The van der Waals surface area contributed by atoms with Crippen LogP contribution in [0.5, 0.6) is 5.75 Å². The lowest BCUT2D eigenvalue weighted by Crippen LogP contribution is -2.45. The third kappa shape index (κ3) is 5.75. The molecule has 0 spiro atoms. The van der Waals surface area contributed by atoms with Gasteiger partial charge in [-0.3, -0.25) is 4.79 Å². The minimum Gasteiger partial charge on any atom is -0.494 e. The molecule has 3 rings (SSSR count). The highest BCUT2D eigenvalue weighted by Gasteiger charge is 2.32. The van der Waals surface area contributed by atoms with Crippen molar-refractivity contribution in [1.82, 2.24) is 10.2 Å². The molecule has 6 heteroatoms. The number of nitrogens with zero attached hydrogens (tertiary/aromatic N) is 2. The fraction of sp³-hybridized carbons (Fsp3) is 0.417. The van der Waals surface area contributed by atoms with Crippen molar-refractivity contribution in [2.24, 2.45) is 0 Å². The van der Waals surface area contributed by atoms with Gasteiger partial charge in [0.25, 0.3) is 0 Å². The predicted octanol–water partition coefficient (Wildman–Crippen LogP) is 4.20. The number of benzene rings is 2. The van der Waals surface area contributed by atoms with Gasteiger partial charge in [0.1, 0.15) is 5.75 Å². The molecule has 6 nitrogen and oxygen atoms in total.